The molecule has 0 saturated heterocycles. The van der Waals surface area contributed by atoms with Crippen molar-refractivity contribution in [3.8, 4) is 11.7 Å². The SMILES string of the molecule is CC(C)C(C)N(C)Cc1nnc(-c2ccco2)o1. The molecule has 0 spiro atoms. The Bertz CT molecular complexity index is 476. The summed E-state index contributed by atoms with van der Waals surface area (Å²) in [4.78, 5) is 2.20. The lowest BCUT2D eigenvalue weighted by Crippen LogP contribution is -2.32. The van der Waals surface area contributed by atoms with Gasteiger partial charge in [-0.1, -0.05) is 13.8 Å². The fourth-order valence-corrected chi connectivity index (χ4v) is 1.68. The first-order valence-electron chi connectivity index (χ1n) is 6.14. The molecule has 5 heteroatoms. The molecule has 98 valence electrons. The zero-order chi connectivity index (χ0) is 13.1. The highest BCUT2D eigenvalue weighted by Crippen LogP contribution is 2.19. The zero-order valence-electron chi connectivity index (χ0n) is 11.3. The highest BCUT2D eigenvalue weighted by molar-refractivity contribution is 5.42. The Hall–Kier alpha value is -1.62. The van der Waals surface area contributed by atoms with Gasteiger partial charge in [0.05, 0.1) is 12.8 Å². The van der Waals surface area contributed by atoms with Crippen LogP contribution in [0.2, 0.25) is 0 Å². The van der Waals surface area contributed by atoms with E-state index in [9.17, 15) is 0 Å². The van der Waals surface area contributed by atoms with Gasteiger partial charge in [0.15, 0.2) is 5.76 Å². The monoisotopic (exact) mass is 249 g/mol. The van der Waals surface area contributed by atoms with Crippen LogP contribution < -0.4 is 0 Å². The predicted octanol–water partition coefficient (Wildman–Crippen LogP) is 2.81. The Morgan fingerprint density at radius 3 is 2.67 bits per heavy atom. The summed E-state index contributed by atoms with van der Waals surface area (Å²) in [7, 11) is 2.06. The van der Waals surface area contributed by atoms with E-state index in [2.05, 4.69) is 42.9 Å². The van der Waals surface area contributed by atoms with Crippen LogP contribution in [0.5, 0.6) is 0 Å². The summed E-state index contributed by atoms with van der Waals surface area (Å²) in [6.07, 6.45) is 1.59. The van der Waals surface area contributed by atoms with Crippen molar-refractivity contribution in [1.82, 2.24) is 15.1 Å². The maximum absolute atomic E-state index is 5.57. The summed E-state index contributed by atoms with van der Waals surface area (Å²) >= 11 is 0. The van der Waals surface area contributed by atoms with E-state index < -0.39 is 0 Å². The van der Waals surface area contributed by atoms with Crippen molar-refractivity contribution in [3.05, 3.63) is 24.3 Å². The topological polar surface area (TPSA) is 55.3 Å². The molecular weight excluding hydrogens is 230 g/mol. The third-order valence-corrected chi connectivity index (χ3v) is 3.24. The van der Waals surface area contributed by atoms with E-state index in [1.165, 1.54) is 0 Å². The quantitative estimate of drug-likeness (QED) is 0.815. The number of furan rings is 1. The molecular formula is C13H19N3O2. The van der Waals surface area contributed by atoms with E-state index in [0.717, 1.165) is 0 Å². The van der Waals surface area contributed by atoms with Crippen LogP contribution in [-0.2, 0) is 6.54 Å². The Morgan fingerprint density at radius 2 is 2.06 bits per heavy atom. The van der Waals surface area contributed by atoms with Gasteiger partial charge < -0.3 is 8.83 Å². The molecule has 0 aliphatic carbocycles. The van der Waals surface area contributed by atoms with Crippen molar-refractivity contribution in [2.24, 2.45) is 5.92 Å². The van der Waals surface area contributed by atoms with Gasteiger partial charge in [-0.2, -0.15) is 0 Å². The van der Waals surface area contributed by atoms with E-state index in [4.69, 9.17) is 8.83 Å². The van der Waals surface area contributed by atoms with Crippen LogP contribution in [-0.4, -0.2) is 28.2 Å². The molecule has 0 fully saturated rings. The molecule has 0 amide bonds. The number of nitrogens with zero attached hydrogens (tertiary/aromatic N) is 3. The molecule has 0 N–H and O–H groups in total. The second-order valence-corrected chi connectivity index (χ2v) is 4.88. The molecule has 1 atom stereocenters. The number of hydrogen-bond acceptors (Lipinski definition) is 5. The van der Waals surface area contributed by atoms with Crippen molar-refractivity contribution in [2.75, 3.05) is 7.05 Å². The van der Waals surface area contributed by atoms with Gasteiger partial charge in [-0.15, -0.1) is 10.2 Å². The summed E-state index contributed by atoms with van der Waals surface area (Å²) < 4.78 is 10.8. The Balaban J connectivity index is 2.03. The summed E-state index contributed by atoms with van der Waals surface area (Å²) in [5.41, 5.74) is 0. The largest absolute Gasteiger partial charge is 0.459 e. The Labute approximate surface area is 107 Å². The minimum Gasteiger partial charge on any atom is -0.459 e. The van der Waals surface area contributed by atoms with Crippen LogP contribution in [0.4, 0.5) is 0 Å². The molecule has 0 bridgehead atoms. The molecule has 1 unspecified atom stereocenters. The van der Waals surface area contributed by atoms with Crippen LogP contribution in [0.3, 0.4) is 0 Å². The van der Waals surface area contributed by atoms with Crippen molar-refractivity contribution < 1.29 is 8.83 Å². The predicted molar refractivity (Wildman–Crippen MR) is 67.8 cm³/mol. The lowest BCUT2D eigenvalue weighted by Gasteiger charge is -2.26. The van der Waals surface area contributed by atoms with E-state index in [0.29, 0.717) is 36.0 Å². The average Bonchev–Trinajstić information content (AvgIpc) is 2.96. The number of rotatable bonds is 5. The molecule has 0 aliphatic rings. The lowest BCUT2D eigenvalue weighted by molar-refractivity contribution is 0.184. The molecule has 0 radical (unpaired) electrons. The fraction of sp³-hybridized carbons (Fsp3) is 0.538. The Kier molecular flexibility index (Phi) is 3.81. The van der Waals surface area contributed by atoms with Gasteiger partial charge in [0.25, 0.3) is 5.89 Å². The normalized spacial score (nSPS) is 13.4. The smallest absolute Gasteiger partial charge is 0.283 e. The minimum atomic E-state index is 0.431. The van der Waals surface area contributed by atoms with Crippen LogP contribution >= 0.6 is 0 Å². The Morgan fingerprint density at radius 1 is 1.28 bits per heavy atom. The number of hydrogen-bond donors (Lipinski definition) is 0. The van der Waals surface area contributed by atoms with Crippen LogP contribution in [0.25, 0.3) is 11.7 Å². The van der Waals surface area contributed by atoms with Gasteiger partial charge in [-0.3, -0.25) is 4.90 Å². The number of aromatic nitrogens is 2. The second-order valence-electron chi connectivity index (χ2n) is 4.88. The molecule has 0 aromatic carbocycles. The molecule has 2 aromatic rings. The third kappa shape index (κ3) is 2.79. The zero-order valence-corrected chi connectivity index (χ0v) is 11.3. The van der Waals surface area contributed by atoms with Crippen LogP contribution in [0.15, 0.2) is 27.2 Å². The third-order valence-electron chi connectivity index (χ3n) is 3.24. The summed E-state index contributed by atoms with van der Waals surface area (Å²) in [6.45, 7) is 7.23. The summed E-state index contributed by atoms with van der Waals surface area (Å²) in [5, 5.41) is 8.01. The second kappa shape index (κ2) is 5.35. The van der Waals surface area contributed by atoms with Crippen molar-refractivity contribution >= 4 is 0 Å². The van der Waals surface area contributed by atoms with Gasteiger partial charge in [-0.05, 0) is 32.0 Å². The molecule has 0 aliphatic heterocycles. The lowest BCUT2D eigenvalue weighted by atomic mass is 10.1. The van der Waals surface area contributed by atoms with Gasteiger partial charge in [0.2, 0.25) is 5.89 Å². The maximum Gasteiger partial charge on any atom is 0.283 e. The van der Waals surface area contributed by atoms with E-state index in [1.807, 2.05) is 0 Å². The molecule has 0 saturated carbocycles. The van der Waals surface area contributed by atoms with Crippen molar-refractivity contribution in [1.29, 1.82) is 0 Å². The van der Waals surface area contributed by atoms with Crippen LogP contribution in [0.1, 0.15) is 26.7 Å². The molecule has 2 rings (SSSR count). The average molecular weight is 249 g/mol. The van der Waals surface area contributed by atoms with E-state index in [-0.39, 0.29) is 0 Å². The van der Waals surface area contributed by atoms with Gasteiger partial charge >= 0.3 is 0 Å². The standard InChI is InChI=1S/C13H19N3O2/c1-9(2)10(3)16(4)8-12-14-15-13(18-12)11-6-5-7-17-11/h5-7,9-10H,8H2,1-4H3. The van der Waals surface area contributed by atoms with E-state index in [1.54, 1.807) is 18.4 Å². The van der Waals surface area contributed by atoms with Crippen molar-refractivity contribution in [3.63, 3.8) is 0 Å². The summed E-state index contributed by atoms with van der Waals surface area (Å²) in [5.74, 6) is 2.23. The molecule has 5 nitrogen and oxygen atoms in total. The maximum atomic E-state index is 5.57. The van der Waals surface area contributed by atoms with Gasteiger partial charge in [0.1, 0.15) is 0 Å². The highest BCUT2D eigenvalue weighted by atomic mass is 16.4. The minimum absolute atomic E-state index is 0.431. The summed E-state index contributed by atoms with van der Waals surface area (Å²) in [6, 6.07) is 4.06. The fourth-order valence-electron chi connectivity index (χ4n) is 1.68. The molecule has 2 aromatic heterocycles. The van der Waals surface area contributed by atoms with Gasteiger partial charge in [-0.25, -0.2) is 0 Å². The first-order valence-corrected chi connectivity index (χ1v) is 6.14. The molecule has 2 heterocycles. The first kappa shape index (κ1) is 12.8. The van der Waals surface area contributed by atoms with E-state index >= 15 is 0 Å². The van der Waals surface area contributed by atoms with Crippen molar-refractivity contribution in [2.45, 2.75) is 33.4 Å². The van der Waals surface area contributed by atoms with Crippen LogP contribution in [0, 0.1) is 5.92 Å². The molecule has 18 heavy (non-hydrogen) atoms. The first-order chi connectivity index (χ1) is 8.58. The highest BCUT2D eigenvalue weighted by Gasteiger charge is 2.17. The van der Waals surface area contributed by atoms with Gasteiger partial charge in [0, 0.05) is 6.04 Å².